The van der Waals surface area contributed by atoms with Gasteiger partial charge in [0.1, 0.15) is 5.56 Å². The number of rotatable bonds is 3. The van der Waals surface area contributed by atoms with Gasteiger partial charge in [0.15, 0.2) is 0 Å². The highest BCUT2D eigenvalue weighted by Gasteiger charge is 2.17. The van der Waals surface area contributed by atoms with Crippen LogP contribution in [0.3, 0.4) is 0 Å². The van der Waals surface area contributed by atoms with Crippen molar-refractivity contribution in [3.05, 3.63) is 52.6 Å². The molecule has 0 aliphatic carbocycles. The molecule has 112 valence electrons. The number of aromatic nitrogens is 2. The first kappa shape index (κ1) is 14.3. The van der Waals surface area contributed by atoms with Crippen LogP contribution in [0.2, 0.25) is 0 Å². The highest BCUT2D eigenvalue weighted by molar-refractivity contribution is 6.07. The Labute approximate surface area is 127 Å². The van der Waals surface area contributed by atoms with Crippen molar-refractivity contribution in [1.82, 2.24) is 9.55 Å². The van der Waals surface area contributed by atoms with E-state index in [-0.39, 0.29) is 17.6 Å². The second-order valence-corrected chi connectivity index (χ2v) is 4.93. The fourth-order valence-corrected chi connectivity index (χ4v) is 2.66. The van der Waals surface area contributed by atoms with Crippen molar-refractivity contribution in [2.75, 3.05) is 6.61 Å². The summed E-state index contributed by atoms with van der Waals surface area (Å²) in [6.45, 7) is 4.57. The van der Waals surface area contributed by atoms with E-state index in [1.54, 1.807) is 25.5 Å². The van der Waals surface area contributed by atoms with Crippen molar-refractivity contribution in [1.29, 1.82) is 0 Å². The molecular formula is C17H16N2O3. The number of pyridine rings is 2. The maximum atomic E-state index is 12.8. The van der Waals surface area contributed by atoms with Crippen LogP contribution in [0.4, 0.5) is 0 Å². The molecule has 0 N–H and O–H groups in total. The summed E-state index contributed by atoms with van der Waals surface area (Å²) in [4.78, 5) is 29.0. The lowest BCUT2D eigenvalue weighted by Gasteiger charge is -2.12. The van der Waals surface area contributed by atoms with Gasteiger partial charge in [-0.25, -0.2) is 4.79 Å². The molecule has 2 heterocycles. The zero-order chi connectivity index (χ0) is 15.7. The molecular weight excluding hydrogens is 280 g/mol. The van der Waals surface area contributed by atoms with Crippen LogP contribution in [0.25, 0.3) is 21.7 Å². The third-order valence-corrected chi connectivity index (χ3v) is 3.70. The molecule has 0 aliphatic rings. The number of aryl methyl sites for hydroxylation is 1. The fraction of sp³-hybridized carbons (Fsp3) is 0.235. The molecule has 2 aromatic heterocycles. The molecule has 3 aromatic rings. The minimum atomic E-state index is -0.586. The van der Waals surface area contributed by atoms with Crippen molar-refractivity contribution in [2.45, 2.75) is 20.4 Å². The average molecular weight is 296 g/mol. The molecule has 22 heavy (non-hydrogen) atoms. The Balaban J connectivity index is 2.46. The standard InChI is InChI=1S/C17H16N2O3/c1-3-19-10-13(17(21)22-4-2)16(20)15-12-9-18-8-7-11(12)5-6-14(15)19/h5-10H,3-4H2,1-2H3. The SMILES string of the molecule is CCOC(=O)c1cn(CC)c2ccc3ccncc3c2c1=O. The van der Waals surface area contributed by atoms with Gasteiger partial charge >= 0.3 is 5.97 Å². The van der Waals surface area contributed by atoms with Gasteiger partial charge in [0.2, 0.25) is 5.43 Å². The van der Waals surface area contributed by atoms with Gasteiger partial charge in [-0.3, -0.25) is 9.78 Å². The average Bonchev–Trinajstić information content (AvgIpc) is 2.55. The molecule has 5 nitrogen and oxygen atoms in total. The maximum absolute atomic E-state index is 12.8. The van der Waals surface area contributed by atoms with Gasteiger partial charge in [-0.15, -0.1) is 0 Å². The van der Waals surface area contributed by atoms with E-state index in [4.69, 9.17) is 4.74 Å². The molecule has 0 spiro atoms. The molecule has 0 unspecified atom stereocenters. The zero-order valence-corrected chi connectivity index (χ0v) is 12.5. The molecule has 0 atom stereocenters. The Bertz CT molecular complexity index is 928. The molecule has 5 heteroatoms. The Morgan fingerprint density at radius 2 is 2.09 bits per heavy atom. The Morgan fingerprint density at radius 1 is 1.27 bits per heavy atom. The number of hydrogen-bond acceptors (Lipinski definition) is 4. The van der Waals surface area contributed by atoms with Gasteiger partial charge in [-0.2, -0.15) is 0 Å². The van der Waals surface area contributed by atoms with Crippen LogP contribution >= 0.6 is 0 Å². The molecule has 0 bridgehead atoms. The lowest BCUT2D eigenvalue weighted by molar-refractivity contribution is 0.0524. The monoisotopic (exact) mass is 296 g/mol. The molecule has 1 aromatic carbocycles. The van der Waals surface area contributed by atoms with Crippen molar-refractivity contribution in [2.24, 2.45) is 0 Å². The molecule has 3 rings (SSSR count). The van der Waals surface area contributed by atoms with Crippen LogP contribution in [0.15, 0.2) is 41.6 Å². The number of carbonyl (C=O) groups is 1. The number of esters is 1. The third-order valence-electron chi connectivity index (χ3n) is 3.70. The largest absolute Gasteiger partial charge is 0.462 e. The first-order valence-corrected chi connectivity index (χ1v) is 7.24. The van der Waals surface area contributed by atoms with E-state index in [1.165, 1.54) is 0 Å². The summed E-state index contributed by atoms with van der Waals surface area (Å²) in [6.07, 6.45) is 4.92. The topological polar surface area (TPSA) is 61.2 Å². The lowest BCUT2D eigenvalue weighted by atomic mass is 10.0. The van der Waals surface area contributed by atoms with E-state index in [2.05, 4.69) is 4.98 Å². The van der Waals surface area contributed by atoms with Crippen LogP contribution in [0, 0.1) is 0 Å². The van der Waals surface area contributed by atoms with E-state index in [0.717, 1.165) is 16.3 Å². The molecule has 0 fully saturated rings. The van der Waals surface area contributed by atoms with Crippen molar-refractivity contribution in [3.63, 3.8) is 0 Å². The van der Waals surface area contributed by atoms with Crippen LogP contribution < -0.4 is 5.43 Å². The van der Waals surface area contributed by atoms with Gasteiger partial charge in [0.05, 0.1) is 17.5 Å². The summed E-state index contributed by atoms with van der Waals surface area (Å²) in [5, 5.41) is 2.18. The van der Waals surface area contributed by atoms with Gasteiger partial charge in [-0.05, 0) is 31.4 Å². The quantitative estimate of drug-likeness (QED) is 0.551. The summed E-state index contributed by atoms with van der Waals surface area (Å²) in [5.41, 5.74) is 0.547. The lowest BCUT2D eigenvalue weighted by Crippen LogP contribution is -2.21. The van der Waals surface area contributed by atoms with Gasteiger partial charge in [0.25, 0.3) is 0 Å². The van der Waals surface area contributed by atoms with Crippen LogP contribution in [-0.2, 0) is 11.3 Å². The number of benzene rings is 1. The van der Waals surface area contributed by atoms with E-state index < -0.39 is 5.97 Å². The summed E-state index contributed by atoms with van der Waals surface area (Å²) >= 11 is 0. The normalized spacial score (nSPS) is 11.0. The summed E-state index contributed by atoms with van der Waals surface area (Å²) in [5.74, 6) is -0.586. The van der Waals surface area contributed by atoms with Crippen molar-refractivity contribution < 1.29 is 9.53 Å². The minimum absolute atomic E-state index is 0.0625. The number of nitrogens with zero attached hydrogens (tertiary/aromatic N) is 2. The number of fused-ring (bicyclic) bond motifs is 3. The van der Waals surface area contributed by atoms with Crippen LogP contribution in [0.1, 0.15) is 24.2 Å². The summed E-state index contributed by atoms with van der Waals surface area (Å²) < 4.78 is 6.89. The van der Waals surface area contributed by atoms with Crippen LogP contribution in [-0.4, -0.2) is 22.1 Å². The predicted molar refractivity (Wildman–Crippen MR) is 85.1 cm³/mol. The Kier molecular flexibility index (Phi) is 3.63. The molecule has 0 amide bonds. The van der Waals surface area contributed by atoms with Crippen molar-refractivity contribution >= 4 is 27.6 Å². The fourth-order valence-electron chi connectivity index (χ4n) is 2.66. The van der Waals surface area contributed by atoms with E-state index in [1.807, 2.05) is 29.7 Å². The first-order valence-electron chi connectivity index (χ1n) is 7.24. The third kappa shape index (κ3) is 2.15. The molecule has 0 aliphatic heterocycles. The van der Waals surface area contributed by atoms with Crippen molar-refractivity contribution in [3.8, 4) is 0 Å². The van der Waals surface area contributed by atoms with E-state index in [9.17, 15) is 9.59 Å². The number of carbonyl (C=O) groups excluding carboxylic acids is 1. The smallest absolute Gasteiger partial charge is 0.343 e. The summed E-state index contributed by atoms with van der Waals surface area (Å²) in [7, 11) is 0. The van der Waals surface area contributed by atoms with E-state index in [0.29, 0.717) is 11.9 Å². The van der Waals surface area contributed by atoms with Crippen LogP contribution in [0.5, 0.6) is 0 Å². The Morgan fingerprint density at radius 3 is 2.82 bits per heavy atom. The molecule has 0 saturated heterocycles. The first-order chi connectivity index (χ1) is 10.7. The second-order valence-electron chi connectivity index (χ2n) is 4.93. The maximum Gasteiger partial charge on any atom is 0.343 e. The number of hydrogen-bond donors (Lipinski definition) is 0. The highest BCUT2D eigenvalue weighted by atomic mass is 16.5. The van der Waals surface area contributed by atoms with Gasteiger partial charge in [0, 0.05) is 30.5 Å². The summed E-state index contributed by atoms with van der Waals surface area (Å²) in [6, 6.07) is 5.70. The Hall–Kier alpha value is -2.69. The van der Waals surface area contributed by atoms with Gasteiger partial charge in [-0.1, -0.05) is 6.07 Å². The zero-order valence-electron chi connectivity index (χ0n) is 12.5. The highest BCUT2D eigenvalue weighted by Crippen LogP contribution is 2.22. The molecule has 0 saturated carbocycles. The van der Waals surface area contributed by atoms with Gasteiger partial charge < -0.3 is 9.30 Å². The second kappa shape index (κ2) is 5.60. The minimum Gasteiger partial charge on any atom is -0.462 e. The predicted octanol–water partition coefficient (Wildman–Crippen LogP) is 2.75. The van der Waals surface area contributed by atoms with E-state index >= 15 is 0 Å². The number of ether oxygens (including phenoxy) is 1. The molecule has 0 radical (unpaired) electrons.